The van der Waals surface area contributed by atoms with Crippen LogP contribution in [0, 0.1) is 5.92 Å². The minimum Gasteiger partial charge on any atom is -0.504 e. The normalized spacial score (nSPS) is 10.6. The van der Waals surface area contributed by atoms with Gasteiger partial charge < -0.3 is 9.84 Å². The molecular weight excluding hydrogens is 212 g/mol. The molecule has 0 saturated heterocycles. The molecule has 1 aromatic rings. The second-order valence-corrected chi connectivity index (χ2v) is 4.73. The lowest BCUT2D eigenvalue weighted by Gasteiger charge is -2.12. The van der Waals surface area contributed by atoms with Gasteiger partial charge in [0.05, 0.1) is 7.11 Å². The number of hydrogen-bond donors (Lipinski definition) is 1. The summed E-state index contributed by atoms with van der Waals surface area (Å²) in [5.74, 6) is 1.47. The molecule has 0 fully saturated rings. The summed E-state index contributed by atoms with van der Waals surface area (Å²) in [6.45, 7) is 8.10. The molecule has 0 radical (unpaired) electrons. The number of allylic oxidation sites excluding steroid dienone is 1. The molecule has 1 aromatic carbocycles. The lowest BCUT2D eigenvalue weighted by Crippen LogP contribution is -1.96. The Morgan fingerprint density at radius 2 is 2.12 bits per heavy atom. The Bertz CT molecular complexity index is 381. The molecule has 0 bridgehead atoms. The van der Waals surface area contributed by atoms with E-state index < -0.39 is 0 Å². The van der Waals surface area contributed by atoms with E-state index in [1.54, 1.807) is 7.11 Å². The van der Waals surface area contributed by atoms with E-state index in [1.165, 1.54) is 0 Å². The van der Waals surface area contributed by atoms with Gasteiger partial charge in [0.15, 0.2) is 11.5 Å². The van der Waals surface area contributed by atoms with Gasteiger partial charge in [0.2, 0.25) is 0 Å². The Labute approximate surface area is 104 Å². The van der Waals surface area contributed by atoms with Crippen molar-refractivity contribution in [1.82, 2.24) is 0 Å². The largest absolute Gasteiger partial charge is 0.504 e. The second kappa shape index (κ2) is 6.33. The minimum absolute atomic E-state index is 0.279. The average Bonchev–Trinajstić information content (AvgIpc) is 2.29. The van der Waals surface area contributed by atoms with E-state index in [4.69, 9.17) is 4.74 Å². The summed E-state index contributed by atoms with van der Waals surface area (Å²) in [5, 5.41) is 10.0. The monoisotopic (exact) mass is 234 g/mol. The summed E-state index contributed by atoms with van der Waals surface area (Å²) >= 11 is 0. The Morgan fingerprint density at radius 3 is 2.65 bits per heavy atom. The number of methoxy groups -OCH3 is 1. The quantitative estimate of drug-likeness (QED) is 0.760. The van der Waals surface area contributed by atoms with Crippen LogP contribution in [0.1, 0.15) is 31.4 Å². The molecule has 1 N–H and O–H groups in total. The van der Waals surface area contributed by atoms with Crippen molar-refractivity contribution in [3.05, 3.63) is 35.9 Å². The van der Waals surface area contributed by atoms with Crippen molar-refractivity contribution in [2.75, 3.05) is 7.11 Å². The van der Waals surface area contributed by atoms with Crippen LogP contribution in [0.4, 0.5) is 0 Å². The molecular formula is C15H22O2. The molecule has 17 heavy (non-hydrogen) atoms. The molecule has 0 atom stereocenters. The molecule has 0 amide bonds. The van der Waals surface area contributed by atoms with Crippen LogP contribution < -0.4 is 4.74 Å². The summed E-state index contributed by atoms with van der Waals surface area (Å²) in [6.07, 6.45) is 4.60. The standard InChI is InChI=1S/C15H22O2/c1-5-6-12-9-13(8-7-11(2)3)15(16)14(10-12)17-4/h5,9-11,16H,1,6-8H2,2-4H3. The van der Waals surface area contributed by atoms with E-state index in [0.29, 0.717) is 11.7 Å². The van der Waals surface area contributed by atoms with Gasteiger partial charge in [-0.05, 0) is 42.4 Å². The van der Waals surface area contributed by atoms with Crippen molar-refractivity contribution in [2.45, 2.75) is 33.1 Å². The Hall–Kier alpha value is -1.44. The third kappa shape index (κ3) is 3.81. The van der Waals surface area contributed by atoms with E-state index in [2.05, 4.69) is 20.4 Å². The molecule has 0 saturated carbocycles. The highest BCUT2D eigenvalue weighted by Crippen LogP contribution is 2.33. The molecule has 0 spiro atoms. The topological polar surface area (TPSA) is 29.5 Å². The fourth-order valence-electron chi connectivity index (χ4n) is 1.80. The molecule has 1 rings (SSSR count). The van der Waals surface area contributed by atoms with Gasteiger partial charge in [-0.2, -0.15) is 0 Å². The van der Waals surface area contributed by atoms with Crippen LogP contribution in [0.2, 0.25) is 0 Å². The highest BCUT2D eigenvalue weighted by molar-refractivity contribution is 5.49. The first-order valence-corrected chi connectivity index (χ1v) is 6.08. The van der Waals surface area contributed by atoms with Crippen molar-refractivity contribution >= 4 is 0 Å². The number of ether oxygens (including phenoxy) is 1. The third-order valence-corrected chi connectivity index (χ3v) is 2.80. The van der Waals surface area contributed by atoms with Gasteiger partial charge in [0.25, 0.3) is 0 Å². The first-order chi connectivity index (χ1) is 8.08. The zero-order chi connectivity index (χ0) is 12.8. The molecule has 2 heteroatoms. The number of benzene rings is 1. The van der Waals surface area contributed by atoms with Crippen LogP contribution in [-0.2, 0) is 12.8 Å². The summed E-state index contributed by atoms with van der Waals surface area (Å²) < 4.78 is 5.20. The molecule has 0 heterocycles. The van der Waals surface area contributed by atoms with E-state index >= 15 is 0 Å². The van der Waals surface area contributed by atoms with E-state index in [0.717, 1.165) is 30.4 Å². The molecule has 0 aromatic heterocycles. The van der Waals surface area contributed by atoms with Gasteiger partial charge in [-0.25, -0.2) is 0 Å². The van der Waals surface area contributed by atoms with Gasteiger partial charge in [0, 0.05) is 0 Å². The van der Waals surface area contributed by atoms with Crippen molar-refractivity contribution in [3.63, 3.8) is 0 Å². The predicted molar refractivity (Wildman–Crippen MR) is 71.7 cm³/mol. The minimum atomic E-state index is 0.279. The SMILES string of the molecule is C=CCc1cc(CCC(C)C)c(O)c(OC)c1. The van der Waals surface area contributed by atoms with Gasteiger partial charge in [-0.1, -0.05) is 26.0 Å². The first kappa shape index (κ1) is 13.6. The zero-order valence-corrected chi connectivity index (χ0v) is 11.0. The van der Waals surface area contributed by atoms with Crippen LogP contribution in [0.3, 0.4) is 0 Å². The fraction of sp³-hybridized carbons (Fsp3) is 0.467. The molecule has 0 aliphatic heterocycles. The molecule has 2 nitrogen and oxygen atoms in total. The maximum absolute atomic E-state index is 10.0. The molecule has 0 aliphatic carbocycles. The molecule has 0 unspecified atom stereocenters. The van der Waals surface area contributed by atoms with Gasteiger partial charge in [0.1, 0.15) is 0 Å². The van der Waals surface area contributed by atoms with Gasteiger partial charge in [-0.15, -0.1) is 6.58 Å². The van der Waals surface area contributed by atoms with E-state index in [9.17, 15) is 5.11 Å². The summed E-state index contributed by atoms with van der Waals surface area (Å²) in [7, 11) is 1.58. The maximum Gasteiger partial charge on any atom is 0.161 e. The summed E-state index contributed by atoms with van der Waals surface area (Å²) in [4.78, 5) is 0. The Balaban J connectivity index is 2.99. The van der Waals surface area contributed by atoms with E-state index in [-0.39, 0.29) is 5.75 Å². The third-order valence-electron chi connectivity index (χ3n) is 2.80. The number of rotatable bonds is 6. The number of hydrogen-bond acceptors (Lipinski definition) is 2. The number of phenolic OH excluding ortho intramolecular Hbond substituents is 1. The predicted octanol–water partition coefficient (Wildman–Crippen LogP) is 3.72. The van der Waals surface area contributed by atoms with Crippen LogP contribution >= 0.6 is 0 Å². The molecule has 0 aliphatic rings. The number of phenols is 1. The maximum atomic E-state index is 10.0. The second-order valence-electron chi connectivity index (χ2n) is 4.73. The highest BCUT2D eigenvalue weighted by atomic mass is 16.5. The molecule has 94 valence electrons. The highest BCUT2D eigenvalue weighted by Gasteiger charge is 2.10. The summed E-state index contributed by atoms with van der Waals surface area (Å²) in [5.41, 5.74) is 2.10. The smallest absolute Gasteiger partial charge is 0.161 e. The van der Waals surface area contributed by atoms with Crippen LogP contribution in [0.15, 0.2) is 24.8 Å². The van der Waals surface area contributed by atoms with Crippen LogP contribution in [-0.4, -0.2) is 12.2 Å². The average molecular weight is 234 g/mol. The zero-order valence-electron chi connectivity index (χ0n) is 11.0. The van der Waals surface area contributed by atoms with Crippen molar-refractivity contribution in [2.24, 2.45) is 5.92 Å². The van der Waals surface area contributed by atoms with E-state index in [1.807, 2.05) is 18.2 Å². The number of aryl methyl sites for hydroxylation is 1. The number of aromatic hydroxyl groups is 1. The van der Waals surface area contributed by atoms with Gasteiger partial charge >= 0.3 is 0 Å². The van der Waals surface area contributed by atoms with Crippen molar-refractivity contribution in [3.8, 4) is 11.5 Å². The Kier molecular flexibility index (Phi) is 5.08. The lowest BCUT2D eigenvalue weighted by atomic mass is 9.98. The Morgan fingerprint density at radius 1 is 1.41 bits per heavy atom. The lowest BCUT2D eigenvalue weighted by molar-refractivity contribution is 0.369. The van der Waals surface area contributed by atoms with Crippen LogP contribution in [0.25, 0.3) is 0 Å². The summed E-state index contributed by atoms with van der Waals surface area (Å²) in [6, 6.07) is 3.91. The fourth-order valence-corrected chi connectivity index (χ4v) is 1.80. The first-order valence-electron chi connectivity index (χ1n) is 6.08. The van der Waals surface area contributed by atoms with Crippen molar-refractivity contribution in [1.29, 1.82) is 0 Å². The van der Waals surface area contributed by atoms with Crippen LogP contribution in [0.5, 0.6) is 11.5 Å². The van der Waals surface area contributed by atoms with Gasteiger partial charge in [-0.3, -0.25) is 0 Å². The van der Waals surface area contributed by atoms with Crippen molar-refractivity contribution < 1.29 is 9.84 Å².